The fraction of sp³-hybridized carbons (Fsp3) is 0.318. The molecule has 2 heterocycles. The van der Waals surface area contributed by atoms with Crippen LogP contribution >= 0.6 is 0 Å². The average Bonchev–Trinajstić information content (AvgIpc) is 2.76. The van der Waals surface area contributed by atoms with Gasteiger partial charge in [0, 0.05) is 5.69 Å². The highest BCUT2D eigenvalue weighted by Gasteiger charge is 2.31. The number of quaternary nitrogens is 1. The number of anilines is 1. The molecular weight excluding hydrogens is 407 g/mol. The molecule has 1 saturated heterocycles. The fourth-order valence-electron chi connectivity index (χ4n) is 3.94. The van der Waals surface area contributed by atoms with E-state index < -0.39 is 11.7 Å². The summed E-state index contributed by atoms with van der Waals surface area (Å²) in [6, 6.07) is 14.5. The predicted molar refractivity (Wildman–Crippen MR) is 110 cm³/mol. The van der Waals surface area contributed by atoms with Gasteiger partial charge in [-0.3, -0.25) is 9.36 Å². The van der Waals surface area contributed by atoms with Crippen LogP contribution in [-0.2, 0) is 19.3 Å². The van der Waals surface area contributed by atoms with E-state index in [-0.39, 0.29) is 12.1 Å². The summed E-state index contributed by atoms with van der Waals surface area (Å²) in [6.07, 6.45) is -4.37. The minimum Gasteiger partial charge on any atom is -0.360 e. The number of fused-ring (bicyclic) bond motifs is 1. The van der Waals surface area contributed by atoms with Crippen molar-refractivity contribution in [3.63, 3.8) is 0 Å². The molecule has 9 heteroatoms. The van der Waals surface area contributed by atoms with Gasteiger partial charge in [0.05, 0.1) is 48.7 Å². The third-order valence-corrected chi connectivity index (χ3v) is 5.59. The van der Waals surface area contributed by atoms with Crippen molar-refractivity contribution < 1.29 is 18.1 Å². The Bertz CT molecular complexity index is 1190. The molecule has 0 spiro atoms. The number of halogens is 3. The lowest BCUT2D eigenvalue weighted by Crippen LogP contribution is -3.13. The zero-order valence-corrected chi connectivity index (χ0v) is 16.7. The van der Waals surface area contributed by atoms with Gasteiger partial charge in [0.2, 0.25) is 0 Å². The number of rotatable bonds is 4. The molecule has 1 fully saturated rings. The first-order valence-electron chi connectivity index (χ1n) is 9.98. The second-order valence-electron chi connectivity index (χ2n) is 7.56. The molecule has 1 N–H and O–H groups in total. The number of piperazine rings is 1. The van der Waals surface area contributed by atoms with Gasteiger partial charge < -0.3 is 9.80 Å². The average molecular weight is 428 g/mol. The van der Waals surface area contributed by atoms with Gasteiger partial charge in [-0.05, 0) is 30.3 Å². The summed E-state index contributed by atoms with van der Waals surface area (Å²) in [4.78, 5) is 20.5. The summed E-state index contributed by atoms with van der Waals surface area (Å²) in [6.45, 7) is 2.95. The van der Waals surface area contributed by atoms with Gasteiger partial charge in [0.1, 0.15) is 13.1 Å². The summed E-state index contributed by atoms with van der Waals surface area (Å²) in [5, 5.41) is 9.63. The number of hydrogen-bond acceptors (Lipinski definition) is 4. The summed E-state index contributed by atoms with van der Waals surface area (Å²) in [5.74, 6) is 0.549. The number of nitriles is 1. The fourth-order valence-corrected chi connectivity index (χ4v) is 3.94. The van der Waals surface area contributed by atoms with Crippen molar-refractivity contribution >= 4 is 16.6 Å². The van der Waals surface area contributed by atoms with Crippen molar-refractivity contribution in [2.75, 3.05) is 31.1 Å². The van der Waals surface area contributed by atoms with Crippen LogP contribution in [0.1, 0.15) is 11.4 Å². The lowest BCUT2D eigenvalue weighted by Gasteiger charge is -2.34. The maximum absolute atomic E-state index is 13.0. The lowest BCUT2D eigenvalue weighted by atomic mass is 10.1. The number of para-hydroxylation sites is 1. The SMILES string of the molecule is N#CCn1c(C[NH+]2CCN(c3cccc(C(F)(F)F)c3)CC2)nc2ccccc2c1=O. The third-order valence-electron chi connectivity index (χ3n) is 5.59. The normalized spacial score (nSPS) is 15.2. The van der Waals surface area contributed by atoms with E-state index >= 15 is 0 Å². The molecule has 0 saturated carbocycles. The second-order valence-corrected chi connectivity index (χ2v) is 7.56. The Labute approximate surface area is 176 Å². The van der Waals surface area contributed by atoms with E-state index in [4.69, 9.17) is 5.26 Å². The first kappa shape index (κ1) is 20.9. The lowest BCUT2D eigenvalue weighted by molar-refractivity contribution is -0.915. The molecule has 1 aromatic heterocycles. The number of benzene rings is 2. The van der Waals surface area contributed by atoms with Gasteiger partial charge >= 0.3 is 6.18 Å². The summed E-state index contributed by atoms with van der Waals surface area (Å²) >= 11 is 0. The van der Waals surface area contributed by atoms with Crippen LogP contribution in [0.15, 0.2) is 53.3 Å². The summed E-state index contributed by atoms with van der Waals surface area (Å²) in [5.41, 5.74) is 0.266. The van der Waals surface area contributed by atoms with Crippen molar-refractivity contribution in [2.45, 2.75) is 19.3 Å². The Morgan fingerprint density at radius 3 is 2.55 bits per heavy atom. The summed E-state index contributed by atoms with van der Waals surface area (Å²) in [7, 11) is 0. The van der Waals surface area contributed by atoms with Crippen LogP contribution in [0.25, 0.3) is 10.9 Å². The van der Waals surface area contributed by atoms with Gasteiger partial charge in [-0.1, -0.05) is 18.2 Å². The van der Waals surface area contributed by atoms with Gasteiger partial charge in [-0.2, -0.15) is 18.4 Å². The number of alkyl halides is 3. The van der Waals surface area contributed by atoms with E-state index in [9.17, 15) is 18.0 Å². The first-order chi connectivity index (χ1) is 14.9. The van der Waals surface area contributed by atoms with Crippen LogP contribution < -0.4 is 15.4 Å². The van der Waals surface area contributed by atoms with Crippen molar-refractivity contribution in [2.24, 2.45) is 0 Å². The minimum absolute atomic E-state index is 0.0738. The van der Waals surface area contributed by atoms with Crippen molar-refractivity contribution in [3.8, 4) is 6.07 Å². The van der Waals surface area contributed by atoms with Crippen LogP contribution in [0.5, 0.6) is 0 Å². The Balaban J connectivity index is 1.51. The molecule has 2 aromatic carbocycles. The third kappa shape index (κ3) is 4.39. The van der Waals surface area contributed by atoms with Crippen LogP contribution in [0.4, 0.5) is 18.9 Å². The van der Waals surface area contributed by atoms with Crippen molar-refractivity contribution in [1.82, 2.24) is 9.55 Å². The molecule has 160 valence electrons. The topological polar surface area (TPSA) is 66.4 Å². The highest BCUT2D eigenvalue weighted by atomic mass is 19.4. The molecule has 0 aliphatic carbocycles. The maximum Gasteiger partial charge on any atom is 0.416 e. The Hall–Kier alpha value is -3.38. The van der Waals surface area contributed by atoms with Gasteiger partial charge in [-0.15, -0.1) is 0 Å². The molecule has 3 aromatic rings. The van der Waals surface area contributed by atoms with E-state index in [1.807, 2.05) is 17.0 Å². The zero-order chi connectivity index (χ0) is 22.0. The highest BCUT2D eigenvalue weighted by molar-refractivity contribution is 5.77. The highest BCUT2D eigenvalue weighted by Crippen LogP contribution is 2.31. The van der Waals surface area contributed by atoms with Crippen LogP contribution in [-0.4, -0.2) is 35.7 Å². The maximum atomic E-state index is 13.0. The summed E-state index contributed by atoms with van der Waals surface area (Å²) < 4.78 is 40.4. The van der Waals surface area contributed by atoms with E-state index in [1.54, 1.807) is 24.3 Å². The largest absolute Gasteiger partial charge is 0.416 e. The minimum atomic E-state index is -4.37. The molecule has 1 aliphatic rings. The van der Waals surface area contributed by atoms with Crippen LogP contribution in [0.3, 0.4) is 0 Å². The number of aromatic nitrogens is 2. The quantitative estimate of drug-likeness (QED) is 0.689. The molecule has 0 bridgehead atoms. The molecule has 31 heavy (non-hydrogen) atoms. The molecule has 0 amide bonds. The van der Waals surface area contributed by atoms with Crippen molar-refractivity contribution in [1.29, 1.82) is 5.26 Å². The number of hydrogen-bond donors (Lipinski definition) is 1. The molecule has 0 radical (unpaired) electrons. The van der Waals surface area contributed by atoms with E-state index in [0.29, 0.717) is 55.1 Å². The van der Waals surface area contributed by atoms with Crippen molar-refractivity contribution in [3.05, 3.63) is 70.3 Å². The van der Waals surface area contributed by atoms with Crippen LogP contribution in [0, 0.1) is 11.3 Å². The second kappa shape index (κ2) is 8.40. The Morgan fingerprint density at radius 1 is 1.10 bits per heavy atom. The standard InChI is InChI=1S/C22H20F3N5O/c23-22(24,25)16-4-3-5-17(14-16)29-12-10-28(11-13-29)15-20-27-19-7-2-1-6-18(19)21(31)30(20)9-8-26/h1-7,14H,9-13,15H2/p+1. The molecule has 0 atom stereocenters. The molecule has 4 rings (SSSR count). The van der Waals surface area contributed by atoms with E-state index in [2.05, 4.69) is 4.98 Å². The van der Waals surface area contributed by atoms with E-state index in [0.717, 1.165) is 11.0 Å². The van der Waals surface area contributed by atoms with Gasteiger partial charge in [-0.25, -0.2) is 4.98 Å². The Kier molecular flexibility index (Phi) is 5.65. The molecular formula is C22H21F3N5O+. The zero-order valence-electron chi connectivity index (χ0n) is 16.7. The monoisotopic (exact) mass is 428 g/mol. The van der Waals surface area contributed by atoms with Gasteiger partial charge in [0.15, 0.2) is 5.82 Å². The van der Waals surface area contributed by atoms with Gasteiger partial charge in [0.25, 0.3) is 5.56 Å². The Morgan fingerprint density at radius 2 is 1.84 bits per heavy atom. The smallest absolute Gasteiger partial charge is 0.360 e. The predicted octanol–water partition coefficient (Wildman–Crippen LogP) is 1.84. The molecule has 0 unspecified atom stereocenters. The van der Waals surface area contributed by atoms with Crippen LogP contribution in [0.2, 0.25) is 0 Å². The molecule has 6 nitrogen and oxygen atoms in total. The van der Waals surface area contributed by atoms with E-state index in [1.165, 1.54) is 16.7 Å². The molecule has 1 aliphatic heterocycles. The first-order valence-corrected chi connectivity index (χ1v) is 9.98. The number of nitrogens with one attached hydrogen (secondary N) is 1. The number of nitrogens with zero attached hydrogens (tertiary/aromatic N) is 4.